The fourth-order valence-corrected chi connectivity index (χ4v) is 2.08. The number of fused-ring (bicyclic) bond motifs is 1. The highest BCUT2D eigenvalue weighted by atomic mass is 16.6. The third kappa shape index (κ3) is 3.03. The zero-order valence-corrected chi connectivity index (χ0v) is 11.6. The summed E-state index contributed by atoms with van der Waals surface area (Å²) in [5.74, 6) is 0. The molecule has 0 amide bonds. The van der Waals surface area contributed by atoms with E-state index in [2.05, 4.69) is 10.3 Å². The molecule has 0 radical (unpaired) electrons. The molecule has 0 aliphatic carbocycles. The minimum atomic E-state index is -0.384. The minimum absolute atomic E-state index is 0.0743. The average molecular weight is 274 g/mol. The first-order valence-electron chi connectivity index (χ1n) is 6.52. The normalized spacial score (nSPS) is 12.3. The maximum absolute atomic E-state index is 11.1. The van der Waals surface area contributed by atoms with Crippen LogP contribution >= 0.6 is 0 Å². The van der Waals surface area contributed by atoms with Crippen LogP contribution in [-0.2, 0) is 0 Å². The zero-order chi connectivity index (χ0) is 14.7. The molecule has 1 heterocycles. The van der Waals surface area contributed by atoms with E-state index in [1.54, 1.807) is 12.3 Å². The Hall–Kier alpha value is -2.21. The summed E-state index contributed by atoms with van der Waals surface area (Å²) in [6.45, 7) is 4.54. The highest BCUT2D eigenvalue weighted by Crippen LogP contribution is 2.31. The summed E-state index contributed by atoms with van der Waals surface area (Å²) in [6.07, 6.45) is 2.39. The monoisotopic (exact) mass is 274 g/mol. The number of nitrogens with two attached hydrogens (primary N) is 1. The van der Waals surface area contributed by atoms with E-state index >= 15 is 0 Å². The number of anilines is 1. The predicted molar refractivity (Wildman–Crippen MR) is 79.9 cm³/mol. The molecule has 0 saturated carbocycles. The van der Waals surface area contributed by atoms with E-state index in [0.29, 0.717) is 5.39 Å². The maximum atomic E-state index is 11.1. The number of nitro groups is 1. The number of non-ortho nitro benzene ring substituents is 1. The van der Waals surface area contributed by atoms with Gasteiger partial charge in [-0.05, 0) is 32.4 Å². The summed E-state index contributed by atoms with van der Waals surface area (Å²) in [7, 11) is 0. The molecule has 106 valence electrons. The van der Waals surface area contributed by atoms with Gasteiger partial charge in [-0.15, -0.1) is 0 Å². The molecule has 6 nitrogen and oxygen atoms in total. The lowest BCUT2D eigenvalue weighted by Gasteiger charge is -2.11. The molecule has 20 heavy (non-hydrogen) atoms. The molecular weight excluding hydrogens is 256 g/mol. The molecule has 3 N–H and O–H groups in total. The molecule has 2 rings (SSSR count). The average Bonchev–Trinajstić information content (AvgIpc) is 2.38. The van der Waals surface area contributed by atoms with E-state index in [-0.39, 0.29) is 16.7 Å². The van der Waals surface area contributed by atoms with Crippen LogP contribution in [0.15, 0.2) is 24.4 Å². The molecule has 6 heteroatoms. The number of nitro benzene ring substituents is 1. The van der Waals surface area contributed by atoms with Crippen LogP contribution in [0.4, 0.5) is 11.4 Å². The summed E-state index contributed by atoms with van der Waals surface area (Å²) in [5, 5.41) is 15.7. The fourth-order valence-electron chi connectivity index (χ4n) is 2.08. The van der Waals surface area contributed by atoms with Gasteiger partial charge < -0.3 is 11.1 Å². The molecule has 0 bridgehead atoms. The molecular formula is C14H18N4O2. The van der Waals surface area contributed by atoms with Gasteiger partial charge in [0.1, 0.15) is 0 Å². The van der Waals surface area contributed by atoms with Crippen LogP contribution in [0.3, 0.4) is 0 Å². The third-order valence-electron chi connectivity index (χ3n) is 3.13. The van der Waals surface area contributed by atoms with Crippen molar-refractivity contribution in [2.45, 2.75) is 26.3 Å². The molecule has 0 aliphatic heterocycles. The van der Waals surface area contributed by atoms with Crippen molar-refractivity contribution in [2.24, 2.45) is 5.73 Å². The topological polar surface area (TPSA) is 94.1 Å². The zero-order valence-electron chi connectivity index (χ0n) is 11.6. The van der Waals surface area contributed by atoms with Crippen molar-refractivity contribution in [1.29, 1.82) is 0 Å². The minimum Gasteiger partial charge on any atom is -0.384 e. The second-order valence-electron chi connectivity index (χ2n) is 4.95. The number of aryl methyl sites for hydroxylation is 1. The van der Waals surface area contributed by atoms with Gasteiger partial charge in [0, 0.05) is 41.6 Å². The van der Waals surface area contributed by atoms with Crippen LogP contribution in [0.2, 0.25) is 0 Å². The second kappa shape index (κ2) is 5.83. The number of nitrogens with one attached hydrogen (secondary N) is 1. The predicted octanol–water partition coefficient (Wildman–Crippen LogP) is 2.60. The molecule has 0 fully saturated rings. The molecule has 2 aromatic rings. The van der Waals surface area contributed by atoms with E-state index in [0.717, 1.165) is 29.7 Å². The van der Waals surface area contributed by atoms with Crippen LogP contribution < -0.4 is 11.1 Å². The Kier molecular flexibility index (Phi) is 4.14. The molecule has 0 aliphatic rings. The van der Waals surface area contributed by atoms with E-state index in [4.69, 9.17) is 5.73 Å². The molecule has 0 spiro atoms. The number of aromatic nitrogens is 1. The van der Waals surface area contributed by atoms with Crippen molar-refractivity contribution in [3.63, 3.8) is 0 Å². The lowest BCUT2D eigenvalue weighted by molar-refractivity contribution is -0.383. The Morgan fingerprint density at radius 1 is 1.45 bits per heavy atom. The van der Waals surface area contributed by atoms with Gasteiger partial charge in [-0.3, -0.25) is 15.1 Å². The first-order valence-corrected chi connectivity index (χ1v) is 6.52. The number of nitrogens with zero attached hydrogens (tertiary/aromatic N) is 2. The molecule has 0 saturated heterocycles. The Morgan fingerprint density at radius 2 is 2.20 bits per heavy atom. The van der Waals surface area contributed by atoms with E-state index < -0.39 is 0 Å². The van der Waals surface area contributed by atoms with Crippen molar-refractivity contribution in [2.75, 3.05) is 11.9 Å². The van der Waals surface area contributed by atoms with Gasteiger partial charge in [-0.25, -0.2) is 0 Å². The smallest absolute Gasteiger partial charge is 0.278 e. The Labute approximate surface area is 117 Å². The highest BCUT2D eigenvalue weighted by Gasteiger charge is 2.14. The molecule has 1 atom stereocenters. The number of hydrogen-bond donors (Lipinski definition) is 2. The largest absolute Gasteiger partial charge is 0.384 e. The van der Waals surface area contributed by atoms with Crippen molar-refractivity contribution in [3.8, 4) is 0 Å². The number of pyridine rings is 1. The van der Waals surface area contributed by atoms with Crippen molar-refractivity contribution in [3.05, 3.63) is 40.2 Å². The fraction of sp³-hybridized carbons (Fsp3) is 0.357. The van der Waals surface area contributed by atoms with Crippen LogP contribution in [0.5, 0.6) is 0 Å². The van der Waals surface area contributed by atoms with Crippen LogP contribution in [0, 0.1) is 17.0 Å². The van der Waals surface area contributed by atoms with Gasteiger partial charge in [0.05, 0.1) is 10.3 Å². The van der Waals surface area contributed by atoms with Crippen LogP contribution in [-0.4, -0.2) is 22.5 Å². The van der Waals surface area contributed by atoms with Gasteiger partial charge in [-0.1, -0.05) is 0 Å². The lowest BCUT2D eigenvalue weighted by atomic mass is 10.1. The van der Waals surface area contributed by atoms with Gasteiger partial charge >= 0.3 is 0 Å². The molecule has 1 aromatic heterocycles. The van der Waals surface area contributed by atoms with Gasteiger partial charge in [-0.2, -0.15) is 0 Å². The highest BCUT2D eigenvalue weighted by molar-refractivity contribution is 5.99. The van der Waals surface area contributed by atoms with E-state index in [1.807, 2.05) is 19.9 Å². The standard InChI is InChI=1S/C14H18N4O2/c1-9(15)5-6-16-13-3-4-14(18(19)20)12-8-17-10(2)7-11(12)13/h3-4,7-9,16H,5-6,15H2,1-2H3. The number of rotatable bonds is 5. The maximum Gasteiger partial charge on any atom is 0.278 e. The third-order valence-corrected chi connectivity index (χ3v) is 3.13. The molecule has 1 unspecified atom stereocenters. The quantitative estimate of drug-likeness (QED) is 0.645. The summed E-state index contributed by atoms with van der Waals surface area (Å²) in [4.78, 5) is 14.8. The van der Waals surface area contributed by atoms with Crippen molar-refractivity contribution >= 4 is 22.1 Å². The molecule has 1 aromatic carbocycles. The van der Waals surface area contributed by atoms with Crippen molar-refractivity contribution < 1.29 is 4.92 Å². The lowest BCUT2D eigenvalue weighted by Crippen LogP contribution is -2.19. The van der Waals surface area contributed by atoms with Crippen molar-refractivity contribution in [1.82, 2.24) is 4.98 Å². The van der Waals surface area contributed by atoms with Gasteiger partial charge in [0.15, 0.2) is 0 Å². The SMILES string of the molecule is Cc1cc2c(NCCC(C)N)ccc([N+](=O)[O-])c2cn1. The van der Waals surface area contributed by atoms with E-state index in [9.17, 15) is 10.1 Å². The van der Waals surface area contributed by atoms with Gasteiger partial charge in [0.2, 0.25) is 0 Å². The first-order chi connectivity index (χ1) is 9.49. The van der Waals surface area contributed by atoms with Crippen LogP contribution in [0.25, 0.3) is 10.8 Å². The van der Waals surface area contributed by atoms with Gasteiger partial charge in [0.25, 0.3) is 5.69 Å². The number of benzene rings is 1. The summed E-state index contributed by atoms with van der Waals surface area (Å²) < 4.78 is 0. The Bertz CT molecular complexity index is 640. The van der Waals surface area contributed by atoms with Crippen LogP contribution in [0.1, 0.15) is 19.0 Å². The van der Waals surface area contributed by atoms with E-state index in [1.165, 1.54) is 6.07 Å². The number of hydrogen-bond acceptors (Lipinski definition) is 5. The Balaban J connectivity index is 2.42. The summed E-state index contributed by atoms with van der Waals surface area (Å²) in [6, 6.07) is 5.22. The first kappa shape index (κ1) is 14.2. The summed E-state index contributed by atoms with van der Waals surface area (Å²) in [5.41, 5.74) is 7.49. The summed E-state index contributed by atoms with van der Waals surface area (Å²) >= 11 is 0. The second-order valence-corrected chi connectivity index (χ2v) is 4.95. The Morgan fingerprint density at radius 3 is 2.85 bits per heavy atom.